The van der Waals surface area contributed by atoms with Crippen LogP contribution >= 0.6 is 11.3 Å². The quantitative estimate of drug-likeness (QED) is 0.568. The summed E-state index contributed by atoms with van der Waals surface area (Å²) < 4.78 is 11.3. The number of carbonyl (C=O) groups is 2. The van der Waals surface area contributed by atoms with Gasteiger partial charge in [-0.05, 0) is 69.0 Å². The number of aromatic amines is 1. The molecule has 0 saturated heterocycles. The monoisotopic (exact) mass is 426 g/mol. The zero-order chi connectivity index (χ0) is 21.5. The van der Waals surface area contributed by atoms with E-state index in [1.165, 1.54) is 11.3 Å². The highest BCUT2D eigenvalue weighted by Crippen LogP contribution is 2.47. The summed E-state index contributed by atoms with van der Waals surface area (Å²) >= 11 is 1.23. The number of nitrogens with one attached hydrogen (secondary N) is 2. The maximum Gasteiger partial charge on any atom is 0.412 e. The third-order valence-electron chi connectivity index (χ3n) is 4.52. The Labute approximate surface area is 177 Å². The minimum atomic E-state index is -0.574. The summed E-state index contributed by atoms with van der Waals surface area (Å²) in [6.07, 6.45) is 2.77. The predicted molar refractivity (Wildman–Crippen MR) is 114 cm³/mol. The number of H-pyrrole nitrogens is 1. The van der Waals surface area contributed by atoms with Gasteiger partial charge in [-0.3, -0.25) is 15.2 Å². The predicted octanol–water partition coefficient (Wildman–Crippen LogP) is 4.48. The fraction of sp³-hybridized carbons (Fsp3) is 0.286. The Morgan fingerprint density at radius 3 is 2.60 bits per heavy atom. The Hall–Kier alpha value is -3.33. The molecule has 0 spiro atoms. The van der Waals surface area contributed by atoms with E-state index in [-0.39, 0.29) is 0 Å². The van der Waals surface area contributed by atoms with E-state index in [1.54, 1.807) is 51.2 Å². The van der Waals surface area contributed by atoms with Gasteiger partial charge >= 0.3 is 6.09 Å². The molecule has 30 heavy (non-hydrogen) atoms. The number of aryl methyl sites for hydroxylation is 1. The Kier molecular flexibility index (Phi) is 4.98. The molecule has 3 aromatic rings. The lowest BCUT2D eigenvalue weighted by molar-refractivity contribution is 0.0635. The molecular formula is C21H22N4O4S. The van der Waals surface area contributed by atoms with Crippen LogP contribution in [0.1, 0.15) is 41.6 Å². The average Bonchev–Trinajstić information content (AvgIpc) is 3.26. The molecule has 0 aliphatic heterocycles. The Morgan fingerprint density at radius 2 is 1.93 bits per heavy atom. The number of nitrogens with zero attached hydrogens (tertiary/aromatic N) is 1. The van der Waals surface area contributed by atoms with Crippen LogP contribution < -0.4 is 15.8 Å². The molecule has 2 amide bonds. The van der Waals surface area contributed by atoms with Crippen molar-refractivity contribution in [1.82, 2.24) is 10.2 Å². The molecule has 1 aliphatic rings. The van der Waals surface area contributed by atoms with Gasteiger partial charge in [0.1, 0.15) is 11.4 Å². The van der Waals surface area contributed by atoms with Crippen molar-refractivity contribution in [2.45, 2.75) is 39.2 Å². The molecule has 0 bridgehead atoms. The van der Waals surface area contributed by atoms with E-state index in [9.17, 15) is 9.59 Å². The lowest BCUT2D eigenvalue weighted by atomic mass is 9.92. The van der Waals surface area contributed by atoms with Crippen LogP contribution in [0, 0.1) is 0 Å². The van der Waals surface area contributed by atoms with Crippen molar-refractivity contribution in [2.24, 2.45) is 5.73 Å². The Balaban J connectivity index is 1.57. The standard InChI is InChI=1S/C21H22N4O4S/c1-21(2,3)29-20(27)24-12-5-7-13(8-6-12)28-19-15-14(17(30-19)18(22)26)9-4-11-10-23-25-16(11)15/h5-8,10H,4,9H2,1-3H3,(H2,22,26)(H,23,25)(H,24,27). The van der Waals surface area contributed by atoms with Crippen LogP contribution in [-0.4, -0.2) is 27.8 Å². The summed E-state index contributed by atoms with van der Waals surface area (Å²) in [6.45, 7) is 5.41. The number of primary amides is 1. The van der Waals surface area contributed by atoms with Crippen molar-refractivity contribution in [3.8, 4) is 22.1 Å². The van der Waals surface area contributed by atoms with E-state index in [2.05, 4.69) is 15.5 Å². The largest absolute Gasteiger partial charge is 0.446 e. The maximum absolute atomic E-state index is 11.9. The van der Waals surface area contributed by atoms with Crippen molar-refractivity contribution >= 4 is 29.0 Å². The van der Waals surface area contributed by atoms with Crippen molar-refractivity contribution in [2.75, 3.05) is 5.32 Å². The van der Waals surface area contributed by atoms with Gasteiger partial charge in [0.15, 0.2) is 5.06 Å². The van der Waals surface area contributed by atoms with E-state index >= 15 is 0 Å². The maximum atomic E-state index is 11.9. The molecule has 156 valence electrons. The fourth-order valence-corrected chi connectivity index (χ4v) is 4.39. The van der Waals surface area contributed by atoms with E-state index in [4.69, 9.17) is 15.2 Å². The highest BCUT2D eigenvalue weighted by atomic mass is 32.1. The van der Waals surface area contributed by atoms with Gasteiger partial charge in [-0.2, -0.15) is 5.10 Å². The lowest BCUT2D eigenvalue weighted by Crippen LogP contribution is -2.27. The van der Waals surface area contributed by atoms with E-state index in [1.807, 2.05) is 0 Å². The third-order valence-corrected chi connectivity index (χ3v) is 5.65. The number of thiophene rings is 1. The summed E-state index contributed by atoms with van der Waals surface area (Å²) in [5.41, 5.74) is 9.26. The first-order valence-electron chi connectivity index (χ1n) is 9.47. The molecule has 2 heterocycles. The molecule has 1 aliphatic carbocycles. The number of rotatable bonds is 4. The number of amides is 2. The molecule has 0 unspecified atom stereocenters. The van der Waals surface area contributed by atoms with Gasteiger partial charge in [-0.1, -0.05) is 11.3 Å². The number of nitrogens with two attached hydrogens (primary N) is 1. The van der Waals surface area contributed by atoms with E-state index in [0.717, 1.165) is 28.8 Å². The summed E-state index contributed by atoms with van der Waals surface area (Å²) in [5.74, 6) is 0.0995. The zero-order valence-corrected chi connectivity index (χ0v) is 17.7. The minimum Gasteiger partial charge on any atom is -0.446 e. The zero-order valence-electron chi connectivity index (χ0n) is 16.9. The highest BCUT2D eigenvalue weighted by Gasteiger charge is 2.29. The van der Waals surface area contributed by atoms with Crippen molar-refractivity contribution in [1.29, 1.82) is 0 Å². The number of benzene rings is 1. The number of fused-ring (bicyclic) bond motifs is 3. The second kappa shape index (κ2) is 7.49. The molecule has 2 aromatic heterocycles. The second-order valence-electron chi connectivity index (χ2n) is 7.96. The molecular weight excluding hydrogens is 404 g/mol. The van der Waals surface area contributed by atoms with Crippen molar-refractivity contribution < 1.29 is 19.1 Å². The number of aromatic nitrogens is 2. The van der Waals surface area contributed by atoms with Gasteiger partial charge in [0, 0.05) is 5.69 Å². The SMILES string of the molecule is CC(C)(C)OC(=O)Nc1ccc(Oc2sc(C(N)=O)c3c2-c2[nH]ncc2CC3)cc1. The minimum absolute atomic E-state index is 0.467. The van der Waals surface area contributed by atoms with Gasteiger partial charge in [-0.15, -0.1) is 0 Å². The molecule has 1 aromatic carbocycles. The Bertz CT molecular complexity index is 1110. The molecule has 0 fully saturated rings. The van der Waals surface area contributed by atoms with Crippen molar-refractivity contribution in [3.05, 3.63) is 46.5 Å². The number of carbonyl (C=O) groups excluding carboxylic acids is 2. The Morgan fingerprint density at radius 1 is 1.20 bits per heavy atom. The number of anilines is 1. The number of ether oxygens (including phenoxy) is 2. The first-order chi connectivity index (χ1) is 14.2. The molecule has 0 saturated carbocycles. The van der Waals surface area contributed by atoms with E-state index < -0.39 is 17.6 Å². The smallest absolute Gasteiger partial charge is 0.412 e. The highest BCUT2D eigenvalue weighted by molar-refractivity contribution is 7.16. The topological polar surface area (TPSA) is 119 Å². The number of hydrogen-bond acceptors (Lipinski definition) is 6. The van der Waals surface area contributed by atoms with Crippen LogP contribution in [0.2, 0.25) is 0 Å². The molecule has 0 radical (unpaired) electrons. The summed E-state index contributed by atoms with van der Waals surface area (Å²) in [5, 5.41) is 10.4. The summed E-state index contributed by atoms with van der Waals surface area (Å²) in [4.78, 5) is 24.3. The van der Waals surface area contributed by atoms with Crippen LogP contribution in [-0.2, 0) is 17.6 Å². The van der Waals surface area contributed by atoms with Crippen LogP contribution in [0.15, 0.2) is 30.5 Å². The van der Waals surface area contributed by atoms with Crippen LogP contribution in [0.5, 0.6) is 10.8 Å². The summed E-state index contributed by atoms with van der Waals surface area (Å²) in [6, 6.07) is 6.91. The van der Waals surface area contributed by atoms with Crippen molar-refractivity contribution in [3.63, 3.8) is 0 Å². The molecule has 8 nitrogen and oxygen atoms in total. The third kappa shape index (κ3) is 4.02. The molecule has 4 N–H and O–H groups in total. The molecule has 9 heteroatoms. The van der Waals surface area contributed by atoms with Crippen LogP contribution in [0.3, 0.4) is 0 Å². The van der Waals surface area contributed by atoms with Crippen LogP contribution in [0.4, 0.5) is 10.5 Å². The second-order valence-corrected chi connectivity index (χ2v) is 8.94. The molecule has 4 rings (SSSR count). The normalized spacial score (nSPS) is 12.6. The fourth-order valence-electron chi connectivity index (χ4n) is 3.32. The summed E-state index contributed by atoms with van der Waals surface area (Å²) in [7, 11) is 0. The molecule has 0 atom stereocenters. The number of hydrogen-bond donors (Lipinski definition) is 3. The van der Waals surface area contributed by atoms with Gasteiger partial charge < -0.3 is 15.2 Å². The lowest BCUT2D eigenvalue weighted by Gasteiger charge is -2.19. The van der Waals surface area contributed by atoms with Gasteiger partial charge in [-0.25, -0.2) is 4.79 Å². The van der Waals surface area contributed by atoms with E-state index in [0.29, 0.717) is 27.8 Å². The van der Waals surface area contributed by atoms with Crippen LogP contribution in [0.25, 0.3) is 11.3 Å². The average molecular weight is 426 g/mol. The van der Waals surface area contributed by atoms with Gasteiger partial charge in [0.05, 0.1) is 22.3 Å². The first kappa shape index (κ1) is 20.0. The first-order valence-corrected chi connectivity index (χ1v) is 10.3. The van der Waals surface area contributed by atoms with Gasteiger partial charge in [0.2, 0.25) is 0 Å². The van der Waals surface area contributed by atoms with Gasteiger partial charge in [0.25, 0.3) is 5.91 Å².